The minimum atomic E-state index is -0.687. The summed E-state index contributed by atoms with van der Waals surface area (Å²) in [5.41, 5.74) is 2.42. The molecule has 146 valence electrons. The van der Waals surface area contributed by atoms with Crippen molar-refractivity contribution in [3.05, 3.63) is 99.5 Å². The molecule has 6 heteroatoms. The molecule has 0 saturated heterocycles. The highest BCUT2D eigenvalue weighted by molar-refractivity contribution is 9.10. The molecule has 3 aromatic carbocycles. The number of rotatable bonds is 6. The van der Waals surface area contributed by atoms with Gasteiger partial charge in [-0.15, -0.1) is 0 Å². The average Bonchev–Trinajstić information content (AvgIpc) is 2.73. The third-order valence-corrected chi connectivity index (χ3v) is 4.91. The summed E-state index contributed by atoms with van der Waals surface area (Å²) in [6.07, 6.45) is 0. The number of carbonyl (C=O) groups excluding carboxylic acids is 3. The van der Waals surface area contributed by atoms with Crippen molar-refractivity contribution in [2.24, 2.45) is 0 Å². The molecule has 0 unspecified atom stereocenters. The Hall–Kier alpha value is -3.25. The van der Waals surface area contributed by atoms with Crippen LogP contribution in [0.5, 0.6) is 0 Å². The summed E-state index contributed by atoms with van der Waals surface area (Å²) >= 11 is 3.34. The number of para-hydroxylation sites is 1. The summed E-state index contributed by atoms with van der Waals surface area (Å²) < 4.78 is 5.82. The first-order valence-electron chi connectivity index (χ1n) is 8.87. The monoisotopic (exact) mass is 451 g/mol. The van der Waals surface area contributed by atoms with E-state index in [0.29, 0.717) is 21.3 Å². The second kappa shape index (κ2) is 9.30. The second-order valence-electron chi connectivity index (χ2n) is 6.34. The fraction of sp³-hybridized carbons (Fsp3) is 0.0870. The molecule has 3 aromatic rings. The van der Waals surface area contributed by atoms with E-state index in [0.717, 1.165) is 5.56 Å². The van der Waals surface area contributed by atoms with Gasteiger partial charge >= 0.3 is 5.97 Å². The molecule has 0 bridgehead atoms. The fourth-order valence-electron chi connectivity index (χ4n) is 2.64. The van der Waals surface area contributed by atoms with Crippen LogP contribution < -0.4 is 5.32 Å². The SMILES string of the molecule is Cc1ccc(C(=O)COC(=O)c2ccccc2NC(=O)c2ccccc2Br)cc1. The van der Waals surface area contributed by atoms with E-state index in [1.165, 1.54) is 6.07 Å². The first-order valence-corrected chi connectivity index (χ1v) is 9.67. The van der Waals surface area contributed by atoms with Gasteiger partial charge in [0.2, 0.25) is 0 Å². The van der Waals surface area contributed by atoms with Gasteiger partial charge in [-0.1, -0.05) is 54.1 Å². The fourth-order valence-corrected chi connectivity index (χ4v) is 3.10. The second-order valence-corrected chi connectivity index (χ2v) is 7.20. The molecule has 0 aliphatic carbocycles. The lowest BCUT2D eigenvalue weighted by molar-refractivity contribution is 0.0475. The van der Waals surface area contributed by atoms with Gasteiger partial charge in [0.1, 0.15) is 0 Å². The maximum absolute atomic E-state index is 12.5. The summed E-state index contributed by atoms with van der Waals surface area (Å²) in [5.74, 6) is -1.35. The number of halogens is 1. The number of carbonyl (C=O) groups is 3. The number of aryl methyl sites for hydroxylation is 1. The number of anilines is 1. The highest BCUT2D eigenvalue weighted by atomic mass is 79.9. The van der Waals surface area contributed by atoms with E-state index in [2.05, 4.69) is 21.2 Å². The molecule has 0 aliphatic rings. The van der Waals surface area contributed by atoms with E-state index in [-0.39, 0.29) is 23.9 Å². The van der Waals surface area contributed by atoms with Crippen molar-refractivity contribution < 1.29 is 19.1 Å². The van der Waals surface area contributed by atoms with E-state index in [1.807, 2.05) is 19.1 Å². The summed E-state index contributed by atoms with van der Waals surface area (Å²) in [6, 6.07) is 20.5. The Balaban J connectivity index is 1.70. The minimum absolute atomic E-state index is 0.171. The molecule has 5 nitrogen and oxygen atoms in total. The Morgan fingerprint density at radius 1 is 0.862 bits per heavy atom. The lowest BCUT2D eigenvalue weighted by atomic mass is 10.1. The van der Waals surface area contributed by atoms with E-state index in [1.54, 1.807) is 54.6 Å². The summed E-state index contributed by atoms with van der Waals surface area (Å²) in [6.45, 7) is 1.54. The van der Waals surface area contributed by atoms with Gasteiger partial charge < -0.3 is 10.1 Å². The Labute approximate surface area is 176 Å². The number of esters is 1. The van der Waals surface area contributed by atoms with Crippen LogP contribution in [0, 0.1) is 6.92 Å². The van der Waals surface area contributed by atoms with E-state index in [4.69, 9.17) is 4.74 Å². The number of hydrogen-bond acceptors (Lipinski definition) is 4. The topological polar surface area (TPSA) is 72.5 Å². The highest BCUT2D eigenvalue weighted by Crippen LogP contribution is 2.21. The predicted molar refractivity (Wildman–Crippen MR) is 114 cm³/mol. The van der Waals surface area contributed by atoms with E-state index in [9.17, 15) is 14.4 Å². The van der Waals surface area contributed by atoms with Gasteiger partial charge in [0.05, 0.1) is 16.8 Å². The molecular formula is C23H18BrNO4. The van der Waals surface area contributed by atoms with Crippen LogP contribution in [0.2, 0.25) is 0 Å². The minimum Gasteiger partial charge on any atom is -0.454 e. The van der Waals surface area contributed by atoms with Crippen molar-refractivity contribution in [2.45, 2.75) is 6.92 Å². The lowest BCUT2D eigenvalue weighted by Crippen LogP contribution is -2.18. The molecule has 3 rings (SSSR count). The van der Waals surface area contributed by atoms with Crippen LogP contribution in [0.15, 0.2) is 77.3 Å². The molecule has 1 N–H and O–H groups in total. The number of ketones is 1. The maximum atomic E-state index is 12.5. The van der Waals surface area contributed by atoms with E-state index < -0.39 is 5.97 Å². The number of Topliss-reactive ketones (excluding diaryl/α,β-unsaturated/α-hetero) is 1. The molecular weight excluding hydrogens is 434 g/mol. The molecule has 0 aromatic heterocycles. The highest BCUT2D eigenvalue weighted by Gasteiger charge is 2.18. The Kier molecular flexibility index (Phi) is 6.57. The van der Waals surface area contributed by atoms with E-state index >= 15 is 0 Å². The Bertz CT molecular complexity index is 1060. The number of hydrogen-bond donors (Lipinski definition) is 1. The zero-order chi connectivity index (χ0) is 20.8. The summed E-state index contributed by atoms with van der Waals surface area (Å²) in [7, 11) is 0. The number of benzene rings is 3. The number of ether oxygens (including phenoxy) is 1. The predicted octanol–water partition coefficient (Wildman–Crippen LogP) is 5.05. The van der Waals surface area contributed by atoms with Crippen LogP contribution >= 0.6 is 15.9 Å². The molecule has 0 saturated carbocycles. The van der Waals surface area contributed by atoms with Crippen LogP contribution in [0.25, 0.3) is 0 Å². The standard InChI is InChI=1S/C23H18BrNO4/c1-15-10-12-16(13-11-15)21(26)14-29-23(28)18-7-3-5-9-20(18)25-22(27)17-6-2-4-8-19(17)24/h2-13H,14H2,1H3,(H,25,27). The smallest absolute Gasteiger partial charge is 0.340 e. The van der Waals surface area contributed by atoms with Crippen molar-refractivity contribution in [1.82, 2.24) is 0 Å². The van der Waals surface area contributed by atoms with Crippen molar-refractivity contribution in [2.75, 3.05) is 11.9 Å². The molecule has 29 heavy (non-hydrogen) atoms. The largest absolute Gasteiger partial charge is 0.454 e. The van der Waals surface area contributed by atoms with Gasteiger partial charge in [-0.25, -0.2) is 4.79 Å². The number of nitrogens with one attached hydrogen (secondary N) is 1. The molecule has 0 spiro atoms. The van der Waals surface area contributed by atoms with Gasteiger partial charge in [-0.3, -0.25) is 9.59 Å². The Morgan fingerprint density at radius 3 is 2.17 bits per heavy atom. The van der Waals surface area contributed by atoms with Crippen molar-refractivity contribution in [3.63, 3.8) is 0 Å². The molecule has 0 heterocycles. The van der Waals surface area contributed by atoms with Crippen LogP contribution in [-0.2, 0) is 4.74 Å². The van der Waals surface area contributed by atoms with Crippen molar-refractivity contribution in [1.29, 1.82) is 0 Å². The maximum Gasteiger partial charge on any atom is 0.340 e. The molecule has 1 amide bonds. The first kappa shape index (κ1) is 20.5. The Morgan fingerprint density at radius 2 is 1.48 bits per heavy atom. The van der Waals surface area contributed by atoms with Gasteiger partial charge in [0.15, 0.2) is 12.4 Å². The molecule has 0 fully saturated rings. The van der Waals surface area contributed by atoms with Gasteiger partial charge in [0, 0.05) is 10.0 Å². The normalized spacial score (nSPS) is 10.3. The molecule has 0 aliphatic heterocycles. The van der Waals surface area contributed by atoms with Gasteiger partial charge in [-0.2, -0.15) is 0 Å². The average molecular weight is 452 g/mol. The van der Waals surface area contributed by atoms with Crippen LogP contribution in [0.3, 0.4) is 0 Å². The summed E-state index contributed by atoms with van der Waals surface area (Å²) in [5, 5.41) is 2.72. The lowest BCUT2D eigenvalue weighted by Gasteiger charge is -2.11. The zero-order valence-electron chi connectivity index (χ0n) is 15.6. The number of amides is 1. The molecule has 0 radical (unpaired) electrons. The van der Waals surface area contributed by atoms with Crippen LogP contribution in [0.1, 0.15) is 36.6 Å². The first-order chi connectivity index (χ1) is 14.0. The van der Waals surface area contributed by atoms with Gasteiger partial charge in [0.25, 0.3) is 5.91 Å². The molecule has 0 atom stereocenters. The third kappa shape index (κ3) is 5.18. The summed E-state index contributed by atoms with van der Waals surface area (Å²) in [4.78, 5) is 37.3. The van der Waals surface area contributed by atoms with Crippen LogP contribution in [-0.4, -0.2) is 24.3 Å². The van der Waals surface area contributed by atoms with Crippen LogP contribution in [0.4, 0.5) is 5.69 Å². The third-order valence-electron chi connectivity index (χ3n) is 4.22. The quantitative estimate of drug-likeness (QED) is 0.420. The van der Waals surface area contributed by atoms with Crippen molar-refractivity contribution in [3.8, 4) is 0 Å². The zero-order valence-corrected chi connectivity index (χ0v) is 17.2. The van der Waals surface area contributed by atoms with Crippen molar-refractivity contribution >= 4 is 39.3 Å². The van der Waals surface area contributed by atoms with Gasteiger partial charge in [-0.05, 0) is 47.1 Å².